The maximum absolute atomic E-state index is 2.50. The first-order chi connectivity index (χ1) is 22.5. The molecular weight excluding hydrogens is 595 g/mol. The highest BCUT2D eigenvalue weighted by Crippen LogP contribution is 2.54. The molecule has 0 saturated carbocycles. The highest BCUT2D eigenvalue weighted by molar-refractivity contribution is 7.26. The van der Waals surface area contributed by atoms with Crippen LogP contribution >= 0.6 is 22.7 Å². The van der Waals surface area contributed by atoms with Gasteiger partial charge in [-0.15, -0.1) is 22.7 Å². The van der Waals surface area contributed by atoms with Gasteiger partial charge in [-0.1, -0.05) is 98.8 Å². The van der Waals surface area contributed by atoms with E-state index in [-0.39, 0.29) is 5.41 Å². The summed E-state index contributed by atoms with van der Waals surface area (Å²) in [7, 11) is 0. The van der Waals surface area contributed by atoms with Crippen molar-refractivity contribution in [1.82, 2.24) is 0 Å². The summed E-state index contributed by atoms with van der Waals surface area (Å²) in [5, 5.41) is 7.86. The van der Waals surface area contributed by atoms with Gasteiger partial charge in [-0.3, -0.25) is 0 Å². The molecule has 0 radical (unpaired) electrons. The summed E-state index contributed by atoms with van der Waals surface area (Å²) in [5.41, 5.74) is 8.94. The molecule has 7 aromatic carbocycles. The fourth-order valence-electron chi connectivity index (χ4n) is 7.80. The van der Waals surface area contributed by atoms with Crippen LogP contribution in [0.4, 0.5) is 17.1 Å². The van der Waals surface area contributed by atoms with Crippen molar-refractivity contribution in [2.24, 2.45) is 0 Å². The summed E-state index contributed by atoms with van der Waals surface area (Å²) in [5.74, 6) is 0. The molecule has 2 aromatic heterocycles. The van der Waals surface area contributed by atoms with Gasteiger partial charge in [0.1, 0.15) is 0 Å². The first-order valence-electron chi connectivity index (χ1n) is 15.8. The molecule has 0 fully saturated rings. The van der Waals surface area contributed by atoms with Crippen LogP contribution < -0.4 is 4.90 Å². The van der Waals surface area contributed by atoms with Gasteiger partial charge in [0.2, 0.25) is 0 Å². The molecule has 2 heterocycles. The van der Waals surface area contributed by atoms with Gasteiger partial charge < -0.3 is 4.90 Å². The number of benzene rings is 7. The van der Waals surface area contributed by atoms with Crippen LogP contribution in [-0.4, -0.2) is 0 Å². The van der Waals surface area contributed by atoms with Gasteiger partial charge >= 0.3 is 0 Å². The first-order valence-corrected chi connectivity index (χ1v) is 17.5. The molecule has 0 atom stereocenters. The zero-order valence-electron chi connectivity index (χ0n) is 25.5. The minimum atomic E-state index is -0.0702. The van der Waals surface area contributed by atoms with Crippen molar-refractivity contribution < 1.29 is 0 Å². The second-order valence-corrected chi connectivity index (χ2v) is 15.1. The van der Waals surface area contributed by atoms with Gasteiger partial charge in [0.05, 0.1) is 5.69 Å². The number of fused-ring (bicyclic) bond motifs is 10. The van der Waals surface area contributed by atoms with Gasteiger partial charge in [0.25, 0.3) is 0 Å². The summed E-state index contributed by atoms with van der Waals surface area (Å²) in [6.07, 6.45) is 0. The number of nitrogens with zero attached hydrogens (tertiary/aromatic N) is 1. The third-order valence-electron chi connectivity index (χ3n) is 10.0. The second kappa shape index (κ2) is 9.53. The molecule has 0 unspecified atom stereocenters. The van der Waals surface area contributed by atoms with Crippen LogP contribution in [0.25, 0.3) is 62.2 Å². The van der Waals surface area contributed by atoms with Crippen LogP contribution in [-0.2, 0) is 5.41 Å². The molecule has 0 saturated heterocycles. The SMILES string of the molecule is CC1(C)c2ccccc2-c2c(N(c3ccc4cc5c(cc4c3)sc3ccccc35)c3ccc4c(c3)sc3ccccc34)cccc21. The Morgan fingerprint density at radius 3 is 1.91 bits per heavy atom. The fourth-order valence-corrected chi connectivity index (χ4v) is 10.1. The molecule has 218 valence electrons. The van der Waals surface area contributed by atoms with E-state index in [0.29, 0.717) is 0 Å². The molecule has 0 spiro atoms. The van der Waals surface area contributed by atoms with Gasteiger partial charge in [0.15, 0.2) is 0 Å². The van der Waals surface area contributed by atoms with Crippen molar-refractivity contribution in [1.29, 1.82) is 0 Å². The molecule has 0 bridgehead atoms. The Morgan fingerprint density at radius 1 is 0.457 bits per heavy atom. The van der Waals surface area contributed by atoms with Gasteiger partial charge in [-0.2, -0.15) is 0 Å². The third kappa shape index (κ3) is 3.67. The maximum Gasteiger partial charge on any atom is 0.0543 e. The molecule has 1 aliphatic rings. The first kappa shape index (κ1) is 26.3. The van der Waals surface area contributed by atoms with E-state index in [0.717, 1.165) is 0 Å². The van der Waals surface area contributed by atoms with Crippen molar-refractivity contribution in [2.75, 3.05) is 4.90 Å². The number of thiophene rings is 2. The van der Waals surface area contributed by atoms with E-state index < -0.39 is 0 Å². The molecule has 10 rings (SSSR count). The Balaban J connectivity index is 1.24. The molecule has 1 aliphatic carbocycles. The molecule has 46 heavy (non-hydrogen) atoms. The molecule has 0 aliphatic heterocycles. The average Bonchev–Trinajstić information content (AvgIpc) is 3.71. The number of hydrogen-bond acceptors (Lipinski definition) is 3. The highest BCUT2D eigenvalue weighted by atomic mass is 32.1. The highest BCUT2D eigenvalue weighted by Gasteiger charge is 2.37. The van der Waals surface area contributed by atoms with E-state index in [4.69, 9.17) is 0 Å². The largest absolute Gasteiger partial charge is 0.310 e. The number of anilines is 3. The van der Waals surface area contributed by atoms with E-state index in [2.05, 4.69) is 158 Å². The Hall–Kier alpha value is -4.96. The molecular formula is C43H29NS2. The third-order valence-corrected chi connectivity index (χ3v) is 12.3. The molecule has 1 nitrogen and oxygen atoms in total. The van der Waals surface area contributed by atoms with E-state index in [1.807, 2.05) is 22.7 Å². The minimum Gasteiger partial charge on any atom is -0.310 e. The summed E-state index contributed by atoms with van der Waals surface area (Å²) < 4.78 is 5.31. The monoisotopic (exact) mass is 623 g/mol. The second-order valence-electron chi connectivity index (χ2n) is 13.0. The summed E-state index contributed by atoms with van der Waals surface area (Å²) in [6.45, 7) is 4.72. The van der Waals surface area contributed by atoms with E-state index in [9.17, 15) is 0 Å². The fraction of sp³-hybridized carbons (Fsp3) is 0.0698. The van der Waals surface area contributed by atoms with Crippen LogP contribution in [0.15, 0.2) is 140 Å². The Kier molecular flexibility index (Phi) is 5.44. The summed E-state index contributed by atoms with van der Waals surface area (Å²) in [4.78, 5) is 2.50. The van der Waals surface area contributed by atoms with Crippen LogP contribution in [0, 0.1) is 0 Å². The summed E-state index contributed by atoms with van der Waals surface area (Å²) >= 11 is 3.76. The van der Waals surface area contributed by atoms with Gasteiger partial charge in [-0.25, -0.2) is 0 Å². The van der Waals surface area contributed by atoms with Crippen molar-refractivity contribution >= 4 is 90.9 Å². The van der Waals surface area contributed by atoms with Gasteiger partial charge in [-0.05, 0) is 82.1 Å². The summed E-state index contributed by atoms with van der Waals surface area (Å²) in [6, 6.07) is 52.2. The Morgan fingerprint density at radius 2 is 1.09 bits per heavy atom. The lowest BCUT2D eigenvalue weighted by Crippen LogP contribution is -2.16. The smallest absolute Gasteiger partial charge is 0.0543 e. The van der Waals surface area contributed by atoms with Crippen LogP contribution in [0.5, 0.6) is 0 Å². The lowest BCUT2D eigenvalue weighted by atomic mass is 9.82. The lowest BCUT2D eigenvalue weighted by molar-refractivity contribution is 0.660. The van der Waals surface area contributed by atoms with Crippen molar-refractivity contribution in [3.05, 3.63) is 151 Å². The van der Waals surface area contributed by atoms with Crippen LogP contribution in [0.1, 0.15) is 25.0 Å². The number of rotatable bonds is 3. The lowest BCUT2D eigenvalue weighted by Gasteiger charge is -2.29. The standard InChI is InChI=1S/C43H29NS2/c1-43(2)35-13-6-3-12-33(35)42-36(43)14-9-15-37(42)44(29-20-21-32-30-10-4-7-16-38(30)46-41(32)25-29)28-19-18-26-23-34-31-11-5-8-17-39(31)45-40(34)24-27(26)22-28/h3-25H,1-2H3. The quantitative estimate of drug-likeness (QED) is 0.189. The average molecular weight is 624 g/mol. The Bertz CT molecular complexity index is 2690. The predicted molar refractivity (Wildman–Crippen MR) is 202 cm³/mol. The zero-order chi connectivity index (χ0) is 30.6. The molecule has 9 aromatic rings. The zero-order valence-corrected chi connectivity index (χ0v) is 27.2. The Labute approximate surface area is 275 Å². The van der Waals surface area contributed by atoms with E-state index in [1.54, 1.807) is 0 Å². The van der Waals surface area contributed by atoms with E-state index >= 15 is 0 Å². The van der Waals surface area contributed by atoms with Crippen molar-refractivity contribution in [3.63, 3.8) is 0 Å². The van der Waals surface area contributed by atoms with Crippen LogP contribution in [0.3, 0.4) is 0 Å². The van der Waals surface area contributed by atoms with Crippen molar-refractivity contribution in [2.45, 2.75) is 19.3 Å². The molecule has 0 amide bonds. The minimum absolute atomic E-state index is 0.0702. The van der Waals surface area contributed by atoms with Crippen LogP contribution in [0.2, 0.25) is 0 Å². The normalized spacial score (nSPS) is 13.6. The maximum atomic E-state index is 2.50. The molecule has 3 heteroatoms. The topological polar surface area (TPSA) is 3.24 Å². The van der Waals surface area contributed by atoms with E-state index in [1.165, 1.54) is 90.4 Å². The van der Waals surface area contributed by atoms with Crippen molar-refractivity contribution in [3.8, 4) is 11.1 Å². The number of hydrogen-bond donors (Lipinski definition) is 0. The molecule has 0 N–H and O–H groups in total. The predicted octanol–water partition coefficient (Wildman–Crippen LogP) is 13.4. The van der Waals surface area contributed by atoms with Gasteiger partial charge in [0, 0.05) is 62.7 Å².